The summed E-state index contributed by atoms with van der Waals surface area (Å²) >= 11 is 6.11. The number of benzene rings is 2. The minimum absolute atomic E-state index is 0.125. The molecule has 4 rings (SSSR count). The number of rotatable bonds is 6. The Morgan fingerprint density at radius 3 is 2.42 bits per heavy atom. The molecule has 2 amide bonds. The number of amides is 2. The van der Waals surface area contributed by atoms with E-state index in [0.717, 1.165) is 45.2 Å². The average molecular weight is 473 g/mol. The van der Waals surface area contributed by atoms with Crippen LogP contribution < -0.4 is 4.74 Å². The Labute approximate surface area is 199 Å². The second-order valence-electron chi connectivity index (χ2n) is 9.20. The fourth-order valence-corrected chi connectivity index (χ4v) is 5.02. The van der Waals surface area contributed by atoms with E-state index in [0.29, 0.717) is 42.5 Å². The van der Waals surface area contributed by atoms with Gasteiger partial charge in [-0.2, -0.15) is 0 Å². The molecule has 2 aromatic rings. The Balaban J connectivity index is 1.53. The van der Waals surface area contributed by atoms with Crippen molar-refractivity contribution < 1.29 is 18.7 Å². The van der Waals surface area contributed by atoms with Gasteiger partial charge in [-0.3, -0.25) is 9.59 Å². The lowest BCUT2D eigenvalue weighted by Crippen LogP contribution is -2.51. The quantitative estimate of drug-likeness (QED) is 0.581. The highest BCUT2D eigenvalue weighted by molar-refractivity contribution is 6.30. The average Bonchev–Trinajstić information content (AvgIpc) is 2.84. The van der Waals surface area contributed by atoms with E-state index in [-0.39, 0.29) is 17.6 Å². The minimum Gasteiger partial charge on any atom is -0.493 e. The van der Waals surface area contributed by atoms with Gasteiger partial charge in [0, 0.05) is 48.6 Å². The fraction of sp³-hybridized carbons (Fsp3) is 0.462. The van der Waals surface area contributed by atoms with Crippen LogP contribution in [0.15, 0.2) is 48.5 Å². The third-order valence-corrected chi connectivity index (χ3v) is 6.85. The summed E-state index contributed by atoms with van der Waals surface area (Å²) in [5, 5.41) is 0.586. The molecule has 0 N–H and O–H groups in total. The molecule has 33 heavy (non-hydrogen) atoms. The normalized spacial score (nSPS) is 21.0. The van der Waals surface area contributed by atoms with Crippen LogP contribution in [0, 0.1) is 11.2 Å². The lowest BCUT2D eigenvalue weighted by atomic mass is 9.77. The molecule has 0 bridgehead atoms. The largest absolute Gasteiger partial charge is 0.493 e. The second-order valence-corrected chi connectivity index (χ2v) is 9.64. The standard InChI is InChI=1S/C26H30ClFN2O3/c27-21-6-4-7-23(16-21)33-19-26(17-24(31)29-13-2-1-3-14-29)12-5-15-30(18-26)25(32)20-8-10-22(28)11-9-20/h4,6-11,16H,1-3,5,12-15,17-19H2/t26-/m0/s1. The number of carbonyl (C=O) groups excluding carboxylic acids is 2. The van der Waals surface area contributed by atoms with Gasteiger partial charge in [-0.1, -0.05) is 17.7 Å². The minimum atomic E-state index is -0.495. The third-order valence-electron chi connectivity index (χ3n) is 6.62. The smallest absolute Gasteiger partial charge is 0.253 e. The van der Waals surface area contributed by atoms with E-state index in [9.17, 15) is 14.0 Å². The van der Waals surface area contributed by atoms with Crippen LogP contribution in [0.25, 0.3) is 0 Å². The number of hydrogen-bond donors (Lipinski definition) is 0. The van der Waals surface area contributed by atoms with E-state index < -0.39 is 5.41 Å². The molecule has 1 atom stereocenters. The van der Waals surface area contributed by atoms with Crippen LogP contribution in [0.5, 0.6) is 5.75 Å². The summed E-state index contributed by atoms with van der Waals surface area (Å²) in [5.41, 5.74) is -0.0459. The van der Waals surface area contributed by atoms with Crippen molar-refractivity contribution in [1.82, 2.24) is 9.80 Å². The summed E-state index contributed by atoms with van der Waals surface area (Å²) in [6.45, 7) is 2.93. The molecule has 2 aliphatic rings. The third kappa shape index (κ3) is 6.05. The molecule has 0 aromatic heterocycles. The van der Waals surface area contributed by atoms with Gasteiger partial charge < -0.3 is 14.5 Å². The van der Waals surface area contributed by atoms with Gasteiger partial charge in [-0.25, -0.2) is 4.39 Å². The predicted octanol–water partition coefficient (Wildman–Crippen LogP) is 5.18. The van der Waals surface area contributed by atoms with Crippen molar-refractivity contribution in [2.45, 2.75) is 38.5 Å². The molecule has 7 heteroatoms. The molecule has 0 radical (unpaired) electrons. The molecule has 2 aliphatic heterocycles. The van der Waals surface area contributed by atoms with Gasteiger partial charge in [0.05, 0.1) is 6.61 Å². The molecule has 0 unspecified atom stereocenters. The molecule has 5 nitrogen and oxygen atoms in total. The summed E-state index contributed by atoms with van der Waals surface area (Å²) < 4.78 is 19.5. The highest BCUT2D eigenvalue weighted by atomic mass is 35.5. The van der Waals surface area contributed by atoms with Crippen molar-refractivity contribution in [3.8, 4) is 5.75 Å². The number of likely N-dealkylation sites (tertiary alicyclic amines) is 2. The number of carbonyl (C=O) groups is 2. The monoisotopic (exact) mass is 472 g/mol. The zero-order chi connectivity index (χ0) is 23.3. The zero-order valence-electron chi connectivity index (χ0n) is 18.8. The van der Waals surface area contributed by atoms with E-state index in [1.54, 1.807) is 17.0 Å². The van der Waals surface area contributed by atoms with Crippen molar-refractivity contribution in [3.05, 3.63) is 64.9 Å². The Morgan fingerprint density at radius 1 is 0.970 bits per heavy atom. The molecule has 2 fully saturated rings. The van der Waals surface area contributed by atoms with E-state index in [2.05, 4.69) is 0 Å². The van der Waals surface area contributed by atoms with Gasteiger partial charge in [-0.05, 0) is 74.6 Å². The Hall–Kier alpha value is -2.60. The van der Waals surface area contributed by atoms with Crippen LogP contribution in [0.3, 0.4) is 0 Å². The first-order chi connectivity index (χ1) is 15.9. The highest BCUT2D eigenvalue weighted by Crippen LogP contribution is 2.36. The van der Waals surface area contributed by atoms with Gasteiger partial charge in [0.15, 0.2) is 0 Å². The predicted molar refractivity (Wildman–Crippen MR) is 126 cm³/mol. The van der Waals surface area contributed by atoms with Crippen LogP contribution in [0.4, 0.5) is 4.39 Å². The van der Waals surface area contributed by atoms with Gasteiger partial charge in [0.2, 0.25) is 5.91 Å². The van der Waals surface area contributed by atoms with E-state index in [4.69, 9.17) is 16.3 Å². The molecule has 2 heterocycles. The molecule has 0 saturated carbocycles. The van der Waals surface area contributed by atoms with Crippen molar-refractivity contribution in [1.29, 1.82) is 0 Å². The lowest BCUT2D eigenvalue weighted by molar-refractivity contribution is -0.136. The number of nitrogens with zero attached hydrogens (tertiary/aromatic N) is 2. The van der Waals surface area contributed by atoms with Crippen molar-refractivity contribution in [3.63, 3.8) is 0 Å². The zero-order valence-corrected chi connectivity index (χ0v) is 19.5. The van der Waals surface area contributed by atoms with E-state index in [1.807, 2.05) is 17.0 Å². The number of piperidine rings is 2. The highest BCUT2D eigenvalue weighted by Gasteiger charge is 2.41. The van der Waals surface area contributed by atoms with Crippen LogP contribution in [-0.4, -0.2) is 54.4 Å². The molecule has 2 saturated heterocycles. The Kier molecular flexibility index (Phi) is 7.53. The van der Waals surface area contributed by atoms with Gasteiger partial charge in [-0.15, -0.1) is 0 Å². The summed E-state index contributed by atoms with van der Waals surface area (Å²) in [4.78, 5) is 30.1. The number of hydrogen-bond acceptors (Lipinski definition) is 3. The molecule has 0 spiro atoms. The van der Waals surface area contributed by atoms with Gasteiger partial charge in [0.25, 0.3) is 5.91 Å². The molecule has 176 valence electrons. The number of halogens is 2. The van der Waals surface area contributed by atoms with Gasteiger partial charge >= 0.3 is 0 Å². The summed E-state index contributed by atoms with van der Waals surface area (Å²) in [7, 11) is 0. The van der Waals surface area contributed by atoms with Gasteiger partial charge in [0.1, 0.15) is 11.6 Å². The molecular formula is C26H30ClFN2O3. The van der Waals surface area contributed by atoms with Crippen LogP contribution in [-0.2, 0) is 4.79 Å². The molecular weight excluding hydrogens is 443 g/mol. The van der Waals surface area contributed by atoms with E-state index >= 15 is 0 Å². The Morgan fingerprint density at radius 2 is 1.70 bits per heavy atom. The number of ether oxygens (including phenoxy) is 1. The fourth-order valence-electron chi connectivity index (χ4n) is 4.84. The Bertz CT molecular complexity index is 978. The maximum atomic E-state index is 13.3. The molecule has 0 aliphatic carbocycles. The topological polar surface area (TPSA) is 49.9 Å². The maximum absolute atomic E-state index is 13.3. The van der Waals surface area contributed by atoms with E-state index in [1.165, 1.54) is 24.3 Å². The second kappa shape index (κ2) is 10.6. The van der Waals surface area contributed by atoms with Crippen LogP contribution >= 0.6 is 11.6 Å². The van der Waals surface area contributed by atoms with Crippen LogP contribution in [0.2, 0.25) is 5.02 Å². The van der Waals surface area contributed by atoms with Crippen molar-refractivity contribution >= 4 is 23.4 Å². The summed E-state index contributed by atoms with van der Waals surface area (Å²) in [6.07, 6.45) is 5.13. The first-order valence-corrected chi connectivity index (χ1v) is 12.0. The summed E-state index contributed by atoms with van der Waals surface area (Å²) in [6, 6.07) is 12.8. The van der Waals surface area contributed by atoms with Crippen LogP contribution in [0.1, 0.15) is 48.9 Å². The van der Waals surface area contributed by atoms with Crippen molar-refractivity contribution in [2.75, 3.05) is 32.8 Å². The lowest BCUT2D eigenvalue weighted by Gasteiger charge is -2.43. The first-order valence-electron chi connectivity index (χ1n) is 11.7. The SMILES string of the molecule is O=C(C[C@@]1(COc2cccc(Cl)c2)CCCN(C(=O)c2ccc(F)cc2)C1)N1CCCCC1. The van der Waals surface area contributed by atoms with Crippen molar-refractivity contribution in [2.24, 2.45) is 5.41 Å². The first kappa shape index (κ1) is 23.6. The maximum Gasteiger partial charge on any atom is 0.253 e. The summed E-state index contributed by atoms with van der Waals surface area (Å²) in [5.74, 6) is 0.253. The molecule has 2 aromatic carbocycles.